The Bertz CT molecular complexity index is 489. The van der Waals surface area contributed by atoms with Crippen molar-refractivity contribution in [3.8, 4) is 6.07 Å². The molecule has 1 aromatic carbocycles. The first-order valence-electron chi connectivity index (χ1n) is 7.10. The number of nitrogens with zero attached hydrogens (tertiary/aromatic N) is 1. The number of nitriles is 1. The van der Waals surface area contributed by atoms with E-state index >= 15 is 0 Å². The lowest BCUT2D eigenvalue weighted by molar-refractivity contribution is 0.235. The number of nitrogens with one attached hydrogen (secondary N) is 1. The molecule has 0 aliphatic heterocycles. The van der Waals surface area contributed by atoms with E-state index in [-0.39, 0.29) is 5.54 Å². The second-order valence-corrected chi connectivity index (χ2v) is 5.79. The molecule has 2 atom stereocenters. The summed E-state index contributed by atoms with van der Waals surface area (Å²) in [5.41, 5.74) is 8.80. The topological polar surface area (TPSA) is 61.8 Å². The summed E-state index contributed by atoms with van der Waals surface area (Å²) < 4.78 is 0. The maximum Gasteiger partial charge on any atom is 0.101 e. The lowest BCUT2D eigenvalue weighted by Gasteiger charge is -2.43. The third-order valence-electron chi connectivity index (χ3n) is 4.50. The van der Waals surface area contributed by atoms with Crippen LogP contribution in [-0.4, -0.2) is 12.1 Å². The predicted octanol–water partition coefficient (Wildman–Crippen LogP) is 3.19. The number of benzene rings is 1. The molecule has 1 saturated carbocycles. The molecule has 0 radical (unpaired) electrons. The van der Waals surface area contributed by atoms with E-state index in [4.69, 9.17) is 5.73 Å². The zero-order chi connectivity index (χ0) is 13.9. The highest BCUT2D eigenvalue weighted by atomic mass is 15.0. The van der Waals surface area contributed by atoms with Gasteiger partial charge in [-0.05, 0) is 43.4 Å². The molecule has 1 fully saturated rings. The third kappa shape index (κ3) is 2.74. The average Bonchev–Trinajstić information content (AvgIpc) is 2.42. The summed E-state index contributed by atoms with van der Waals surface area (Å²) in [6.07, 6.45) is 4.78. The molecule has 0 heterocycles. The van der Waals surface area contributed by atoms with E-state index in [9.17, 15) is 5.26 Å². The van der Waals surface area contributed by atoms with Crippen LogP contribution >= 0.6 is 0 Å². The second kappa shape index (κ2) is 5.63. The molecule has 19 heavy (non-hydrogen) atoms. The van der Waals surface area contributed by atoms with Crippen molar-refractivity contribution in [1.29, 1.82) is 5.26 Å². The van der Waals surface area contributed by atoms with Gasteiger partial charge in [0.25, 0.3) is 0 Å². The van der Waals surface area contributed by atoms with Crippen molar-refractivity contribution >= 4 is 5.69 Å². The van der Waals surface area contributed by atoms with Gasteiger partial charge in [0, 0.05) is 6.54 Å². The number of anilines is 1. The molecule has 0 saturated heterocycles. The van der Waals surface area contributed by atoms with Crippen LogP contribution < -0.4 is 11.1 Å². The third-order valence-corrected chi connectivity index (χ3v) is 4.50. The number of nitrogens with two attached hydrogens (primary N) is 1. The summed E-state index contributed by atoms with van der Waals surface area (Å²) in [5, 5.41) is 12.8. The van der Waals surface area contributed by atoms with Crippen LogP contribution in [0, 0.1) is 24.2 Å². The normalized spacial score (nSPS) is 26.7. The standard InChI is InChI=1S/C16H23N3/c1-12-6-7-14(10-17)15(9-12)19-16(11-18)8-4-3-5-13(16)2/h6-7,9,13,19H,3-5,8,11,18H2,1-2H3. The van der Waals surface area contributed by atoms with Crippen molar-refractivity contribution in [2.24, 2.45) is 11.7 Å². The summed E-state index contributed by atoms with van der Waals surface area (Å²) in [6, 6.07) is 8.18. The van der Waals surface area contributed by atoms with Gasteiger partial charge in [0.05, 0.1) is 16.8 Å². The van der Waals surface area contributed by atoms with Crippen molar-refractivity contribution in [3.63, 3.8) is 0 Å². The fourth-order valence-corrected chi connectivity index (χ4v) is 3.08. The van der Waals surface area contributed by atoms with Crippen molar-refractivity contribution in [1.82, 2.24) is 0 Å². The van der Waals surface area contributed by atoms with E-state index in [0.717, 1.165) is 17.7 Å². The van der Waals surface area contributed by atoms with Gasteiger partial charge >= 0.3 is 0 Å². The number of aryl methyl sites for hydroxylation is 1. The molecule has 1 aromatic rings. The number of hydrogen-bond donors (Lipinski definition) is 2. The zero-order valence-corrected chi connectivity index (χ0v) is 11.9. The summed E-state index contributed by atoms with van der Waals surface area (Å²) in [6.45, 7) is 4.93. The molecule has 3 N–H and O–H groups in total. The predicted molar refractivity (Wildman–Crippen MR) is 78.9 cm³/mol. The van der Waals surface area contributed by atoms with Crippen LogP contribution in [0.15, 0.2) is 18.2 Å². The van der Waals surface area contributed by atoms with Gasteiger partial charge in [-0.1, -0.05) is 25.8 Å². The smallest absolute Gasteiger partial charge is 0.101 e. The minimum atomic E-state index is -0.0579. The van der Waals surface area contributed by atoms with Crippen LogP contribution in [0.25, 0.3) is 0 Å². The Labute approximate surface area is 115 Å². The van der Waals surface area contributed by atoms with Gasteiger partial charge in [0.1, 0.15) is 6.07 Å². The lowest BCUT2D eigenvalue weighted by atomic mass is 9.73. The van der Waals surface area contributed by atoms with Gasteiger partial charge < -0.3 is 11.1 Å². The van der Waals surface area contributed by atoms with Crippen molar-refractivity contribution in [2.45, 2.75) is 45.1 Å². The van der Waals surface area contributed by atoms with Gasteiger partial charge in [-0.15, -0.1) is 0 Å². The quantitative estimate of drug-likeness (QED) is 0.874. The zero-order valence-electron chi connectivity index (χ0n) is 11.9. The maximum absolute atomic E-state index is 9.24. The highest BCUT2D eigenvalue weighted by molar-refractivity contribution is 5.60. The molecule has 2 rings (SSSR count). The van der Waals surface area contributed by atoms with Gasteiger partial charge in [0.15, 0.2) is 0 Å². The highest BCUT2D eigenvalue weighted by Gasteiger charge is 2.37. The summed E-state index contributed by atoms with van der Waals surface area (Å²) in [4.78, 5) is 0. The van der Waals surface area contributed by atoms with E-state index in [1.165, 1.54) is 19.3 Å². The van der Waals surface area contributed by atoms with Crippen LogP contribution in [0.4, 0.5) is 5.69 Å². The summed E-state index contributed by atoms with van der Waals surface area (Å²) in [5.74, 6) is 0.540. The van der Waals surface area contributed by atoms with Gasteiger partial charge in [0.2, 0.25) is 0 Å². The first-order chi connectivity index (χ1) is 9.11. The van der Waals surface area contributed by atoms with Gasteiger partial charge in [-0.25, -0.2) is 0 Å². The van der Waals surface area contributed by atoms with Crippen LogP contribution in [0.5, 0.6) is 0 Å². The Morgan fingerprint density at radius 2 is 2.26 bits per heavy atom. The fourth-order valence-electron chi connectivity index (χ4n) is 3.08. The molecule has 0 aromatic heterocycles. The van der Waals surface area contributed by atoms with Crippen LogP contribution in [0.2, 0.25) is 0 Å². The monoisotopic (exact) mass is 257 g/mol. The van der Waals surface area contributed by atoms with E-state index in [1.807, 2.05) is 19.1 Å². The molecule has 0 amide bonds. The van der Waals surface area contributed by atoms with Crippen molar-refractivity contribution < 1.29 is 0 Å². The van der Waals surface area contributed by atoms with Crippen molar-refractivity contribution in [3.05, 3.63) is 29.3 Å². The minimum absolute atomic E-state index is 0.0579. The lowest BCUT2D eigenvalue weighted by Crippen LogP contribution is -2.52. The Kier molecular flexibility index (Phi) is 4.11. The second-order valence-electron chi connectivity index (χ2n) is 5.79. The molecule has 102 valence electrons. The molecule has 1 aliphatic carbocycles. The number of hydrogen-bond acceptors (Lipinski definition) is 3. The molecule has 1 aliphatic rings. The summed E-state index contributed by atoms with van der Waals surface area (Å²) >= 11 is 0. The molecule has 3 nitrogen and oxygen atoms in total. The van der Waals surface area contributed by atoms with Crippen LogP contribution in [-0.2, 0) is 0 Å². The van der Waals surface area contributed by atoms with E-state index in [2.05, 4.69) is 24.4 Å². The Morgan fingerprint density at radius 3 is 2.89 bits per heavy atom. The fraction of sp³-hybridized carbons (Fsp3) is 0.562. The molecular formula is C16H23N3. The van der Waals surface area contributed by atoms with E-state index < -0.39 is 0 Å². The summed E-state index contributed by atoms with van der Waals surface area (Å²) in [7, 11) is 0. The molecule has 0 bridgehead atoms. The molecular weight excluding hydrogens is 234 g/mol. The molecule has 2 unspecified atom stereocenters. The Hall–Kier alpha value is -1.53. The molecule has 0 spiro atoms. The number of rotatable bonds is 3. The SMILES string of the molecule is Cc1ccc(C#N)c(NC2(CN)CCCCC2C)c1. The van der Waals surface area contributed by atoms with Crippen LogP contribution in [0.3, 0.4) is 0 Å². The minimum Gasteiger partial charge on any atom is -0.377 e. The van der Waals surface area contributed by atoms with Crippen molar-refractivity contribution in [2.75, 3.05) is 11.9 Å². The highest BCUT2D eigenvalue weighted by Crippen LogP contribution is 2.36. The van der Waals surface area contributed by atoms with E-state index in [0.29, 0.717) is 18.0 Å². The molecule has 3 heteroatoms. The average molecular weight is 257 g/mol. The maximum atomic E-state index is 9.24. The first-order valence-corrected chi connectivity index (χ1v) is 7.10. The van der Waals surface area contributed by atoms with Gasteiger partial charge in [-0.2, -0.15) is 5.26 Å². The van der Waals surface area contributed by atoms with Gasteiger partial charge in [-0.3, -0.25) is 0 Å². The first kappa shape index (κ1) is 13.9. The Balaban J connectivity index is 2.32. The largest absolute Gasteiger partial charge is 0.377 e. The van der Waals surface area contributed by atoms with Crippen LogP contribution in [0.1, 0.15) is 43.7 Å². The Morgan fingerprint density at radius 1 is 1.47 bits per heavy atom. The van der Waals surface area contributed by atoms with E-state index in [1.54, 1.807) is 0 Å².